The van der Waals surface area contributed by atoms with Crippen LogP contribution in [0.15, 0.2) is 30.3 Å². The smallest absolute Gasteiger partial charge is 0.143 e. The zero-order valence-electron chi connectivity index (χ0n) is 13.7. The first-order valence-corrected chi connectivity index (χ1v) is 7.76. The van der Waals surface area contributed by atoms with Gasteiger partial charge in [0.25, 0.3) is 0 Å². The van der Waals surface area contributed by atoms with E-state index in [1.54, 1.807) is 19.9 Å². The standard InChI is InChI=1S/C18H14ClF3N2O/c1-9-18(17-15(21)7-12(25-3)8-16(17)22)24(10(2)23-9)11-4-5-13(19)14(20)6-11/h4-8H,1-3H3. The number of methoxy groups -OCH3 is 1. The Morgan fingerprint density at radius 2 is 1.64 bits per heavy atom. The van der Waals surface area contributed by atoms with E-state index in [4.69, 9.17) is 16.3 Å². The number of hydrogen-bond acceptors (Lipinski definition) is 2. The van der Waals surface area contributed by atoms with Crippen molar-refractivity contribution in [2.45, 2.75) is 13.8 Å². The predicted molar refractivity (Wildman–Crippen MR) is 89.9 cm³/mol. The van der Waals surface area contributed by atoms with Crippen LogP contribution in [0.5, 0.6) is 5.75 Å². The summed E-state index contributed by atoms with van der Waals surface area (Å²) in [4.78, 5) is 4.28. The van der Waals surface area contributed by atoms with Crippen LogP contribution < -0.4 is 4.74 Å². The fraction of sp³-hybridized carbons (Fsp3) is 0.167. The zero-order valence-corrected chi connectivity index (χ0v) is 14.5. The first-order valence-electron chi connectivity index (χ1n) is 7.38. The van der Waals surface area contributed by atoms with Crippen LogP contribution in [-0.4, -0.2) is 16.7 Å². The number of nitrogens with zero attached hydrogens (tertiary/aromatic N) is 2. The van der Waals surface area contributed by atoms with Gasteiger partial charge in [-0.05, 0) is 32.0 Å². The second-order valence-corrected chi connectivity index (χ2v) is 5.90. The molecule has 0 saturated carbocycles. The summed E-state index contributed by atoms with van der Waals surface area (Å²) in [6.45, 7) is 3.30. The summed E-state index contributed by atoms with van der Waals surface area (Å²) in [5.41, 5.74) is 0.728. The van der Waals surface area contributed by atoms with Crippen molar-refractivity contribution in [1.29, 1.82) is 0 Å². The summed E-state index contributed by atoms with van der Waals surface area (Å²) in [7, 11) is 1.32. The molecule has 3 nitrogen and oxygen atoms in total. The normalized spacial score (nSPS) is 11.0. The minimum atomic E-state index is -0.796. The minimum Gasteiger partial charge on any atom is -0.497 e. The fourth-order valence-corrected chi connectivity index (χ4v) is 2.91. The van der Waals surface area contributed by atoms with Gasteiger partial charge in [0, 0.05) is 12.1 Å². The molecule has 130 valence electrons. The number of aryl methyl sites for hydroxylation is 2. The van der Waals surface area contributed by atoms with E-state index in [-0.39, 0.29) is 22.0 Å². The maximum Gasteiger partial charge on any atom is 0.143 e. The van der Waals surface area contributed by atoms with E-state index >= 15 is 0 Å². The molecule has 1 aromatic heterocycles. The minimum absolute atomic E-state index is 0.0402. The van der Waals surface area contributed by atoms with Gasteiger partial charge in [-0.2, -0.15) is 0 Å². The van der Waals surface area contributed by atoms with Crippen LogP contribution in [0.1, 0.15) is 11.5 Å². The van der Waals surface area contributed by atoms with Crippen molar-refractivity contribution in [3.63, 3.8) is 0 Å². The predicted octanol–water partition coefficient (Wildman–Crippen LogP) is 5.24. The van der Waals surface area contributed by atoms with Gasteiger partial charge in [-0.3, -0.25) is 4.57 Å². The molecule has 0 spiro atoms. The molecule has 0 aliphatic carbocycles. The van der Waals surface area contributed by atoms with Gasteiger partial charge in [0.1, 0.15) is 29.0 Å². The van der Waals surface area contributed by atoms with Gasteiger partial charge in [0.05, 0.1) is 34.8 Å². The molecule has 0 N–H and O–H groups in total. The van der Waals surface area contributed by atoms with Crippen molar-refractivity contribution in [2.75, 3.05) is 7.11 Å². The zero-order chi connectivity index (χ0) is 18.3. The fourth-order valence-electron chi connectivity index (χ4n) is 2.80. The maximum atomic E-state index is 14.6. The molecule has 0 saturated heterocycles. The third-order valence-corrected chi connectivity index (χ3v) is 4.18. The monoisotopic (exact) mass is 366 g/mol. The molecule has 25 heavy (non-hydrogen) atoms. The van der Waals surface area contributed by atoms with E-state index in [9.17, 15) is 13.2 Å². The highest BCUT2D eigenvalue weighted by Gasteiger charge is 2.23. The largest absolute Gasteiger partial charge is 0.497 e. The van der Waals surface area contributed by atoms with E-state index in [2.05, 4.69) is 4.98 Å². The highest BCUT2D eigenvalue weighted by molar-refractivity contribution is 6.30. The first kappa shape index (κ1) is 17.4. The van der Waals surface area contributed by atoms with Crippen molar-refractivity contribution >= 4 is 11.6 Å². The van der Waals surface area contributed by atoms with Gasteiger partial charge >= 0.3 is 0 Å². The Labute approximate surface area is 147 Å². The molecule has 0 fully saturated rings. The number of halogens is 4. The Balaban J connectivity index is 2.30. The SMILES string of the molecule is COc1cc(F)c(-c2c(C)nc(C)n2-c2ccc(Cl)c(F)c2)c(F)c1. The molecule has 0 aliphatic rings. The summed E-state index contributed by atoms with van der Waals surface area (Å²) < 4.78 is 49.3. The summed E-state index contributed by atoms with van der Waals surface area (Å²) in [6, 6.07) is 6.31. The molecule has 0 unspecified atom stereocenters. The van der Waals surface area contributed by atoms with Crippen molar-refractivity contribution in [1.82, 2.24) is 9.55 Å². The quantitative estimate of drug-likeness (QED) is 0.634. The summed E-state index contributed by atoms with van der Waals surface area (Å²) in [5, 5.41) is -0.0402. The molecule has 0 atom stereocenters. The van der Waals surface area contributed by atoms with E-state index in [0.29, 0.717) is 17.2 Å². The second-order valence-electron chi connectivity index (χ2n) is 5.49. The molecule has 0 bridgehead atoms. The number of hydrogen-bond donors (Lipinski definition) is 0. The van der Waals surface area contributed by atoms with Crippen LogP contribution >= 0.6 is 11.6 Å². The third-order valence-electron chi connectivity index (χ3n) is 3.87. The van der Waals surface area contributed by atoms with Crippen LogP contribution in [0, 0.1) is 31.3 Å². The van der Waals surface area contributed by atoms with Crippen LogP contribution in [0.25, 0.3) is 16.9 Å². The molecule has 3 aromatic rings. The Kier molecular flexibility index (Phi) is 4.47. The van der Waals surface area contributed by atoms with E-state index in [0.717, 1.165) is 12.1 Å². The Bertz CT molecular complexity index is 946. The lowest BCUT2D eigenvalue weighted by Gasteiger charge is -2.14. The second kappa shape index (κ2) is 6.44. The van der Waals surface area contributed by atoms with Crippen molar-refractivity contribution in [3.8, 4) is 22.7 Å². The molecule has 2 aromatic carbocycles. The average molecular weight is 367 g/mol. The van der Waals surface area contributed by atoms with E-state index in [1.807, 2.05) is 0 Å². The Morgan fingerprint density at radius 1 is 1.00 bits per heavy atom. The number of benzene rings is 2. The Hall–Kier alpha value is -2.47. The molecule has 7 heteroatoms. The maximum absolute atomic E-state index is 14.6. The van der Waals surface area contributed by atoms with Gasteiger partial charge in [-0.1, -0.05) is 11.6 Å². The van der Waals surface area contributed by atoms with Crippen molar-refractivity contribution < 1.29 is 17.9 Å². The number of imidazole rings is 1. The van der Waals surface area contributed by atoms with E-state index in [1.165, 1.54) is 23.8 Å². The molecule has 1 heterocycles. The lowest BCUT2D eigenvalue weighted by atomic mass is 10.1. The van der Waals surface area contributed by atoms with E-state index < -0.39 is 17.5 Å². The van der Waals surface area contributed by atoms with Crippen LogP contribution in [0.4, 0.5) is 13.2 Å². The van der Waals surface area contributed by atoms with Crippen LogP contribution in [0.2, 0.25) is 5.02 Å². The summed E-state index contributed by atoms with van der Waals surface area (Å²) in [5.74, 6) is -1.70. The van der Waals surface area contributed by atoms with Crippen LogP contribution in [-0.2, 0) is 0 Å². The molecular formula is C18H14ClF3N2O. The lowest BCUT2D eigenvalue weighted by molar-refractivity contribution is 0.407. The van der Waals surface area contributed by atoms with Crippen molar-refractivity contribution in [2.24, 2.45) is 0 Å². The molecule has 0 amide bonds. The van der Waals surface area contributed by atoms with Gasteiger partial charge < -0.3 is 4.74 Å². The van der Waals surface area contributed by atoms with Gasteiger partial charge in [0.2, 0.25) is 0 Å². The third kappa shape index (κ3) is 2.98. The lowest BCUT2D eigenvalue weighted by Crippen LogP contribution is -2.04. The molecular weight excluding hydrogens is 353 g/mol. The number of aromatic nitrogens is 2. The van der Waals surface area contributed by atoms with Gasteiger partial charge in [0.15, 0.2) is 0 Å². The molecule has 3 rings (SSSR count). The Morgan fingerprint density at radius 3 is 2.20 bits per heavy atom. The highest BCUT2D eigenvalue weighted by atomic mass is 35.5. The average Bonchev–Trinajstić information content (AvgIpc) is 2.84. The topological polar surface area (TPSA) is 27.1 Å². The molecule has 0 radical (unpaired) electrons. The summed E-state index contributed by atoms with van der Waals surface area (Å²) >= 11 is 5.72. The number of rotatable bonds is 3. The highest BCUT2D eigenvalue weighted by Crippen LogP contribution is 2.34. The number of ether oxygens (including phenoxy) is 1. The first-order chi connectivity index (χ1) is 11.8. The van der Waals surface area contributed by atoms with Gasteiger partial charge in [-0.25, -0.2) is 18.2 Å². The van der Waals surface area contributed by atoms with Gasteiger partial charge in [-0.15, -0.1) is 0 Å². The van der Waals surface area contributed by atoms with Crippen LogP contribution in [0.3, 0.4) is 0 Å². The molecule has 0 aliphatic heterocycles. The van der Waals surface area contributed by atoms with Crippen molar-refractivity contribution in [3.05, 3.63) is 64.3 Å². The summed E-state index contributed by atoms with van der Waals surface area (Å²) in [6.07, 6.45) is 0.